The zero-order valence-corrected chi connectivity index (χ0v) is 23.3. The predicted octanol–water partition coefficient (Wildman–Crippen LogP) is 7.59. The molecule has 0 saturated carbocycles. The number of benzene rings is 3. The Morgan fingerprint density at radius 2 is 1.67 bits per heavy atom. The lowest BCUT2D eigenvalue weighted by Crippen LogP contribution is -2.41. The largest absolute Gasteiger partial charge is 0.493 e. The third-order valence-electron chi connectivity index (χ3n) is 7.14. The summed E-state index contributed by atoms with van der Waals surface area (Å²) in [6.07, 6.45) is 5.92. The van der Waals surface area contributed by atoms with Crippen molar-refractivity contribution in [2.75, 3.05) is 12.0 Å². The topological polar surface area (TPSA) is 51.7 Å². The van der Waals surface area contributed by atoms with Gasteiger partial charge in [-0.05, 0) is 95.1 Å². The summed E-state index contributed by atoms with van der Waals surface area (Å²) in [6.45, 7) is 4.85. The van der Waals surface area contributed by atoms with E-state index in [1.165, 1.54) is 5.56 Å². The maximum Gasteiger partial charge on any atom is 0.232 e. The summed E-state index contributed by atoms with van der Waals surface area (Å²) in [5, 5.41) is 0.651. The molecule has 5 rings (SSSR count). The van der Waals surface area contributed by atoms with E-state index in [1.54, 1.807) is 19.5 Å². The van der Waals surface area contributed by atoms with E-state index >= 15 is 0 Å². The zero-order valence-electron chi connectivity index (χ0n) is 22.6. The third kappa shape index (κ3) is 6.10. The van der Waals surface area contributed by atoms with Gasteiger partial charge in [-0.2, -0.15) is 0 Å². The molecule has 1 aromatic heterocycles. The SMILES string of the molecule is COc1cc2c(cc1OCc1ccncc1)C(c1ccc(Cl)cc1)N(c1ccc(CCC(C)C)cc1)C(=O)C2. The maximum atomic E-state index is 13.7. The highest BCUT2D eigenvalue weighted by Gasteiger charge is 2.36. The second-order valence-corrected chi connectivity index (χ2v) is 10.8. The quantitative estimate of drug-likeness (QED) is 0.219. The summed E-state index contributed by atoms with van der Waals surface area (Å²) in [4.78, 5) is 19.7. The number of pyridine rings is 1. The van der Waals surface area contributed by atoms with Gasteiger partial charge in [-0.25, -0.2) is 0 Å². The number of ether oxygens (including phenoxy) is 2. The van der Waals surface area contributed by atoms with Gasteiger partial charge in [0, 0.05) is 23.1 Å². The maximum absolute atomic E-state index is 13.7. The molecule has 0 fully saturated rings. The number of anilines is 1. The molecule has 3 aromatic carbocycles. The van der Waals surface area contributed by atoms with Crippen molar-refractivity contribution in [3.05, 3.63) is 118 Å². The Hall–Kier alpha value is -3.83. The Balaban J connectivity index is 1.55. The average molecular weight is 541 g/mol. The number of hydrogen-bond acceptors (Lipinski definition) is 4. The molecule has 6 heteroatoms. The van der Waals surface area contributed by atoms with E-state index < -0.39 is 0 Å². The zero-order chi connectivity index (χ0) is 27.4. The van der Waals surface area contributed by atoms with Crippen LogP contribution in [0.5, 0.6) is 11.5 Å². The molecule has 0 radical (unpaired) electrons. The minimum Gasteiger partial charge on any atom is -0.493 e. The molecule has 1 unspecified atom stereocenters. The van der Waals surface area contributed by atoms with Crippen LogP contribution in [0.3, 0.4) is 0 Å². The number of carbonyl (C=O) groups is 1. The van der Waals surface area contributed by atoms with Crippen molar-refractivity contribution in [2.24, 2.45) is 5.92 Å². The van der Waals surface area contributed by atoms with Crippen molar-refractivity contribution in [2.45, 2.75) is 45.8 Å². The van der Waals surface area contributed by atoms with Crippen molar-refractivity contribution in [1.82, 2.24) is 4.98 Å². The molecule has 1 amide bonds. The van der Waals surface area contributed by atoms with Gasteiger partial charge >= 0.3 is 0 Å². The summed E-state index contributed by atoms with van der Waals surface area (Å²) >= 11 is 6.24. The molecule has 0 aliphatic carbocycles. The Bertz CT molecular complexity index is 1420. The normalized spacial score (nSPS) is 14.8. The van der Waals surface area contributed by atoms with Crippen molar-refractivity contribution in [3.63, 3.8) is 0 Å². The Morgan fingerprint density at radius 3 is 2.33 bits per heavy atom. The first-order valence-electron chi connectivity index (χ1n) is 13.3. The molecule has 0 spiro atoms. The van der Waals surface area contributed by atoms with Crippen LogP contribution in [0.4, 0.5) is 5.69 Å². The van der Waals surface area contributed by atoms with Gasteiger partial charge in [0.25, 0.3) is 0 Å². The fourth-order valence-electron chi connectivity index (χ4n) is 5.01. The van der Waals surface area contributed by atoms with Gasteiger partial charge in [-0.3, -0.25) is 9.78 Å². The molecular formula is C33H33ClN2O3. The first-order chi connectivity index (χ1) is 18.9. The predicted molar refractivity (Wildman–Crippen MR) is 156 cm³/mol. The van der Waals surface area contributed by atoms with Gasteiger partial charge in [0.1, 0.15) is 6.61 Å². The third-order valence-corrected chi connectivity index (χ3v) is 7.39. The fourth-order valence-corrected chi connectivity index (χ4v) is 5.14. The number of nitrogens with zero attached hydrogens (tertiary/aromatic N) is 2. The van der Waals surface area contributed by atoms with Crippen LogP contribution in [-0.4, -0.2) is 18.0 Å². The van der Waals surface area contributed by atoms with Crippen molar-refractivity contribution in [3.8, 4) is 11.5 Å². The average Bonchev–Trinajstić information content (AvgIpc) is 2.95. The van der Waals surface area contributed by atoms with Gasteiger partial charge < -0.3 is 14.4 Å². The minimum absolute atomic E-state index is 0.0323. The minimum atomic E-state index is -0.339. The van der Waals surface area contributed by atoms with Crippen LogP contribution in [0.2, 0.25) is 5.02 Å². The molecule has 0 N–H and O–H groups in total. The van der Waals surface area contributed by atoms with Crippen LogP contribution in [-0.2, 0) is 24.2 Å². The van der Waals surface area contributed by atoms with Gasteiger partial charge in [-0.15, -0.1) is 0 Å². The summed E-state index contributed by atoms with van der Waals surface area (Å²) in [5.41, 5.74) is 6.06. The van der Waals surface area contributed by atoms with E-state index in [-0.39, 0.29) is 18.4 Å². The van der Waals surface area contributed by atoms with Crippen LogP contribution < -0.4 is 14.4 Å². The van der Waals surface area contributed by atoms with E-state index in [0.29, 0.717) is 29.0 Å². The summed E-state index contributed by atoms with van der Waals surface area (Å²) in [6, 6.07) is 23.6. The summed E-state index contributed by atoms with van der Waals surface area (Å²) in [7, 11) is 1.62. The molecule has 2 heterocycles. The first kappa shape index (κ1) is 26.8. The van der Waals surface area contributed by atoms with Gasteiger partial charge in [0.05, 0.1) is 19.6 Å². The van der Waals surface area contributed by atoms with Crippen LogP contribution >= 0.6 is 11.6 Å². The van der Waals surface area contributed by atoms with Gasteiger partial charge in [-0.1, -0.05) is 49.7 Å². The highest BCUT2D eigenvalue weighted by atomic mass is 35.5. The van der Waals surface area contributed by atoms with E-state index in [2.05, 4.69) is 43.1 Å². The summed E-state index contributed by atoms with van der Waals surface area (Å²) in [5.74, 6) is 1.91. The van der Waals surface area contributed by atoms with E-state index in [9.17, 15) is 4.79 Å². The van der Waals surface area contributed by atoms with Gasteiger partial charge in [0.2, 0.25) is 5.91 Å². The molecule has 4 aromatic rings. The van der Waals surface area contributed by atoms with Crippen LogP contribution in [0.25, 0.3) is 0 Å². The molecule has 1 aliphatic rings. The number of methoxy groups -OCH3 is 1. The Morgan fingerprint density at radius 1 is 0.949 bits per heavy atom. The lowest BCUT2D eigenvalue weighted by Gasteiger charge is -2.38. The molecule has 200 valence electrons. The molecule has 0 bridgehead atoms. The lowest BCUT2D eigenvalue weighted by molar-refractivity contribution is -0.118. The second kappa shape index (κ2) is 11.9. The number of fused-ring (bicyclic) bond motifs is 1. The smallest absolute Gasteiger partial charge is 0.232 e. The van der Waals surface area contributed by atoms with Crippen molar-refractivity contribution < 1.29 is 14.3 Å². The van der Waals surface area contributed by atoms with Crippen LogP contribution in [0.15, 0.2) is 85.2 Å². The van der Waals surface area contributed by atoms with Gasteiger partial charge in [0.15, 0.2) is 11.5 Å². The molecule has 1 atom stereocenters. The number of aryl methyl sites for hydroxylation is 1. The van der Waals surface area contributed by atoms with E-state index in [4.69, 9.17) is 21.1 Å². The van der Waals surface area contributed by atoms with Crippen molar-refractivity contribution >= 4 is 23.2 Å². The monoisotopic (exact) mass is 540 g/mol. The lowest BCUT2D eigenvalue weighted by atomic mass is 9.86. The second-order valence-electron chi connectivity index (χ2n) is 10.3. The van der Waals surface area contributed by atoms with Crippen LogP contribution in [0, 0.1) is 5.92 Å². The van der Waals surface area contributed by atoms with E-state index in [1.807, 2.05) is 53.4 Å². The van der Waals surface area contributed by atoms with E-state index in [0.717, 1.165) is 40.8 Å². The number of hydrogen-bond donors (Lipinski definition) is 0. The molecular weight excluding hydrogens is 508 g/mol. The number of halogens is 1. The first-order valence-corrected chi connectivity index (χ1v) is 13.7. The highest BCUT2D eigenvalue weighted by Crippen LogP contribution is 2.43. The Kier molecular flexibility index (Phi) is 8.18. The Labute approximate surface area is 235 Å². The highest BCUT2D eigenvalue weighted by molar-refractivity contribution is 6.30. The van der Waals surface area contributed by atoms with Crippen molar-refractivity contribution in [1.29, 1.82) is 0 Å². The fraction of sp³-hybridized carbons (Fsp3) is 0.273. The molecule has 1 aliphatic heterocycles. The number of aromatic nitrogens is 1. The van der Waals surface area contributed by atoms with Crippen LogP contribution in [0.1, 0.15) is 54.1 Å². The number of amides is 1. The standard InChI is InChI=1S/C33H33ClN2O3/c1-22(2)4-5-23-6-12-28(13-7-23)36-32(37)19-26-18-30(38-3)31(39-21-24-14-16-35-17-15-24)20-29(26)33(36)25-8-10-27(34)11-9-25/h6-18,20,22,33H,4-5,19,21H2,1-3H3. The molecule has 39 heavy (non-hydrogen) atoms. The molecule has 5 nitrogen and oxygen atoms in total. The number of rotatable bonds is 9. The summed E-state index contributed by atoms with van der Waals surface area (Å²) < 4.78 is 11.9. The molecule has 0 saturated heterocycles. The number of carbonyl (C=O) groups excluding carboxylic acids is 1.